The molecule has 3 N–H and O–H groups in total. The lowest BCUT2D eigenvalue weighted by Crippen LogP contribution is -2.29. The third-order valence-electron chi connectivity index (χ3n) is 3.96. The second kappa shape index (κ2) is 17.8. The highest BCUT2D eigenvalue weighted by molar-refractivity contribution is 7.47. The van der Waals surface area contributed by atoms with Crippen LogP contribution in [0.5, 0.6) is 0 Å². The molecule has 0 rings (SSSR count). The van der Waals surface area contributed by atoms with Crippen molar-refractivity contribution < 1.29 is 37.6 Å². The van der Waals surface area contributed by atoms with Crippen LogP contribution >= 0.6 is 7.82 Å². The quantitative estimate of drug-likeness (QED) is 0.176. The lowest BCUT2D eigenvalue weighted by molar-refractivity contribution is -0.161. The molecule has 0 heterocycles. The molecule has 172 valence electrons. The van der Waals surface area contributed by atoms with Crippen molar-refractivity contribution in [3.63, 3.8) is 0 Å². The molecule has 0 amide bonds. The smallest absolute Gasteiger partial charge is 0.462 e. The van der Waals surface area contributed by atoms with Gasteiger partial charge in [0.1, 0.15) is 6.61 Å². The van der Waals surface area contributed by atoms with Gasteiger partial charge in [-0.1, -0.05) is 52.4 Å². The highest BCUT2D eigenvalue weighted by atomic mass is 31.2. The average molecular weight is 439 g/mol. The van der Waals surface area contributed by atoms with Crippen molar-refractivity contribution in [2.75, 3.05) is 26.4 Å². The molecule has 0 aliphatic heterocycles. The van der Waals surface area contributed by atoms with Gasteiger partial charge >= 0.3 is 19.8 Å². The first-order valence-electron chi connectivity index (χ1n) is 10.5. The van der Waals surface area contributed by atoms with Crippen molar-refractivity contribution in [2.45, 2.75) is 84.2 Å². The fourth-order valence-corrected chi connectivity index (χ4v) is 3.20. The normalized spacial score (nSPS) is 14.2. The van der Waals surface area contributed by atoms with Crippen LogP contribution in [0.4, 0.5) is 0 Å². The van der Waals surface area contributed by atoms with Gasteiger partial charge in [-0.25, -0.2) is 4.57 Å². The Morgan fingerprint density at radius 2 is 1.55 bits per heavy atom. The molecule has 0 aliphatic carbocycles. The van der Waals surface area contributed by atoms with Gasteiger partial charge in [-0.2, -0.15) is 0 Å². The van der Waals surface area contributed by atoms with Crippen LogP contribution in [0.1, 0.15) is 78.1 Å². The van der Waals surface area contributed by atoms with Gasteiger partial charge in [0.2, 0.25) is 0 Å². The van der Waals surface area contributed by atoms with Gasteiger partial charge in [0.05, 0.1) is 13.2 Å². The van der Waals surface area contributed by atoms with Crippen LogP contribution in [-0.4, -0.2) is 49.3 Å². The summed E-state index contributed by atoms with van der Waals surface area (Å²) in [7, 11) is -4.32. The van der Waals surface area contributed by atoms with Gasteiger partial charge in [0.15, 0.2) is 6.10 Å². The zero-order chi connectivity index (χ0) is 22.0. The number of hydrogen-bond donors (Lipinski definition) is 2. The van der Waals surface area contributed by atoms with Crippen LogP contribution in [0, 0.1) is 0 Å². The Balaban J connectivity index is 4.39. The van der Waals surface area contributed by atoms with Gasteiger partial charge < -0.3 is 20.1 Å². The molecule has 0 bridgehead atoms. The van der Waals surface area contributed by atoms with E-state index in [9.17, 15) is 19.0 Å². The Morgan fingerprint density at radius 3 is 2.17 bits per heavy atom. The Bertz CT molecular complexity index is 489. The number of esters is 2. The van der Waals surface area contributed by atoms with Crippen LogP contribution in [0.3, 0.4) is 0 Å². The number of rotatable bonds is 19. The molecule has 2 atom stereocenters. The number of unbranched alkanes of at least 4 members (excludes halogenated alkanes) is 6. The average Bonchev–Trinajstić information content (AvgIpc) is 2.68. The first-order chi connectivity index (χ1) is 13.8. The number of phosphoric acid groups is 1. The number of carbonyl (C=O) groups excluding carboxylic acids is 2. The molecule has 0 radical (unpaired) electrons. The van der Waals surface area contributed by atoms with Crippen molar-refractivity contribution >= 4 is 19.8 Å². The van der Waals surface area contributed by atoms with E-state index in [1.54, 1.807) is 0 Å². The molecule has 0 spiro atoms. The molecule has 29 heavy (non-hydrogen) atoms. The minimum absolute atomic E-state index is 0.0550. The lowest BCUT2D eigenvalue weighted by Gasteiger charge is -2.19. The lowest BCUT2D eigenvalue weighted by atomic mass is 10.1. The molecule has 0 fully saturated rings. The highest BCUT2D eigenvalue weighted by Crippen LogP contribution is 2.43. The van der Waals surface area contributed by atoms with E-state index in [2.05, 4.69) is 11.4 Å². The number of carbonyl (C=O) groups is 2. The third kappa shape index (κ3) is 17.6. The van der Waals surface area contributed by atoms with Crippen molar-refractivity contribution in [2.24, 2.45) is 5.73 Å². The van der Waals surface area contributed by atoms with Crippen LogP contribution in [-0.2, 0) is 32.7 Å². The molecule has 0 saturated carbocycles. The van der Waals surface area contributed by atoms with E-state index in [1.165, 1.54) is 19.3 Å². The third-order valence-corrected chi connectivity index (χ3v) is 4.95. The molecule has 0 aromatic heterocycles. The summed E-state index contributed by atoms with van der Waals surface area (Å²) in [5.74, 6) is -0.901. The van der Waals surface area contributed by atoms with Crippen molar-refractivity contribution in [1.82, 2.24) is 0 Å². The van der Waals surface area contributed by atoms with Crippen LogP contribution in [0.15, 0.2) is 0 Å². The summed E-state index contributed by atoms with van der Waals surface area (Å²) in [6.07, 6.45) is 7.58. The molecular weight excluding hydrogens is 401 g/mol. The standard InChI is InChI=1S/C19H38NO8P/c1-3-5-6-7-8-9-10-12-19(22)28-17(15-25-18(21)11-4-2)16-27-29(23,24)26-14-13-20/h17H,3-16,20H2,1-2H3,(H,23,24). The summed E-state index contributed by atoms with van der Waals surface area (Å²) in [6, 6.07) is 0. The summed E-state index contributed by atoms with van der Waals surface area (Å²) < 4.78 is 31.5. The number of ether oxygens (including phenoxy) is 2. The van der Waals surface area contributed by atoms with E-state index in [0.29, 0.717) is 12.8 Å². The van der Waals surface area contributed by atoms with Crippen LogP contribution in [0.25, 0.3) is 0 Å². The molecule has 10 heteroatoms. The van der Waals surface area contributed by atoms with Gasteiger partial charge in [-0.15, -0.1) is 0 Å². The fourth-order valence-electron chi connectivity index (χ4n) is 2.43. The first kappa shape index (κ1) is 28.0. The zero-order valence-corrected chi connectivity index (χ0v) is 18.7. The summed E-state index contributed by atoms with van der Waals surface area (Å²) in [5.41, 5.74) is 5.22. The van der Waals surface area contributed by atoms with Crippen molar-refractivity contribution in [3.8, 4) is 0 Å². The minimum atomic E-state index is -4.32. The Hall–Kier alpha value is -0.990. The van der Waals surface area contributed by atoms with Gasteiger partial charge in [0, 0.05) is 19.4 Å². The number of hydrogen-bond acceptors (Lipinski definition) is 8. The Kier molecular flexibility index (Phi) is 17.2. The number of nitrogens with two attached hydrogens (primary N) is 1. The zero-order valence-electron chi connectivity index (χ0n) is 17.8. The van der Waals surface area contributed by atoms with E-state index in [1.807, 2.05) is 6.92 Å². The fraction of sp³-hybridized carbons (Fsp3) is 0.895. The summed E-state index contributed by atoms with van der Waals surface area (Å²) in [6.45, 7) is 3.22. The largest absolute Gasteiger partial charge is 0.472 e. The molecule has 0 saturated heterocycles. The maximum atomic E-state index is 12.1. The molecule has 0 aromatic carbocycles. The monoisotopic (exact) mass is 439 g/mol. The van der Waals surface area contributed by atoms with Gasteiger partial charge in [-0.05, 0) is 12.8 Å². The van der Waals surface area contributed by atoms with E-state index < -0.39 is 32.5 Å². The summed E-state index contributed by atoms with van der Waals surface area (Å²) in [4.78, 5) is 33.2. The maximum Gasteiger partial charge on any atom is 0.472 e. The van der Waals surface area contributed by atoms with Gasteiger partial charge in [0.25, 0.3) is 0 Å². The van der Waals surface area contributed by atoms with Crippen molar-refractivity contribution in [1.29, 1.82) is 0 Å². The molecule has 0 aliphatic rings. The predicted molar refractivity (Wildman–Crippen MR) is 109 cm³/mol. The summed E-state index contributed by atoms with van der Waals surface area (Å²) >= 11 is 0. The summed E-state index contributed by atoms with van der Waals surface area (Å²) in [5, 5.41) is 0. The van der Waals surface area contributed by atoms with Crippen LogP contribution in [0.2, 0.25) is 0 Å². The minimum Gasteiger partial charge on any atom is -0.462 e. The Morgan fingerprint density at radius 1 is 0.897 bits per heavy atom. The van der Waals surface area contributed by atoms with E-state index in [0.717, 1.165) is 19.3 Å². The predicted octanol–water partition coefficient (Wildman–Crippen LogP) is 3.47. The van der Waals surface area contributed by atoms with E-state index >= 15 is 0 Å². The van der Waals surface area contributed by atoms with Crippen molar-refractivity contribution in [3.05, 3.63) is 0 Å². The second-order valence-corrected chi connectivity index (χ2v) is 8.26. The van der Waals surface area contributed by atoms with E-state index in [4.69, 9.17) is 19.7 Å². The Labute approximate surface area is 174 Å². The SMILES string of the molecule is CCCCCCCCCC(=O)OC(COC(=O)CCC)COP(=O)(O)OCCN. The second-order valence-electron chi connectivity index (χ2n) is 6.80. The maximum absolute atomic E-state index is 12.1. The van der Waals surface area contributed by atoms with Gasteiger partial charge in [-0.3, -0.25) is 18.6 Å². The molecule has 0 aromatic rings. The molecule has 9 nitrogen and oxygen atoms in total. The van der Waals surface area contributed by atoms with E-state index in [-0.39, 0.29) is 32.6 Å². The van der Waals surface area contributed by atoms with Crippen LogP contribution < -0.4 is 5.73 Å². The molecule has 2 unspecified atom stereocenters. The topological polar surface area (TPSA) is 134 Å². The number of phosphoric ester groups is 1. The molecular formula is C19H38NO8P. The first-order valence-corrected chi connectivity index (χ1v) is 12.0. The highest BCUT2D eigenvalue weighted by Gasteiger charge is 2.25.